The number of carbonyl (C=O) groups is 1. The molecule has 2 atom stereocenters. The number of imidazole rings is 1. The van der Waals surface area contributed by atoms with Gasteiger partial charge in [0.15, 0.2) is 5.82 Å². The number of ether oxygens (including phenoxy) is 1. The summed E-state index contributed by atoms with van der Waals surface area (Å²) in [4.78, 5) is 18.9. The first-order chi connectivity index (χ1) is 17.3. The van der Waals surface area contributed by atoms with Crippen LogP contribution in [0.4, 0.5) is 14.9 Å². The van der Waals surface area contributed by atoms with Crippen LogP contribution in [0.5, 0.6) is 0 Å². The SMILES string of the molecule is CNC(=O)O[C@@]1(C)CN(c2ccc3c(c2)Cn2cc(-c4ccc(F)cc4)cc2-c2nccn2-3)CC1C. The van der Waals surface area contributed by atoms with Gasteiger partial charge in [-0.15, -0.1) is 0 Å². The van der Waals surface area contributed by atoms with E-state index in [9.17, 15) is 9.18 Å². The summed E-state index contributed by atoms with van der Waals surface area (Å²) < 4.78 is 23.5. The summed E-state index contributed by atoms with van der Waals surface area (Å²) in [6.07, 6.45) is 5.50. The zero-order valence-electron chi connectivity index (χ0n) is 20.5. The Balaban J connectivity index is 1.36. The van der Waals surface area contributed by atoms with E-state index in [2.05, 4.69) is 61.7 Å². The first-order valence-electron chi connectivity index (χ1n) is 12.1. The quantitative estimate of drug-likeness (QED) is 0.387. The Hall–Kier alpha value is -4.07. The highest BCUT2D eigenvalue weighted by Crippen LogP contribution is 2.38. The fourth-order valence-electron chi connectivity index (χ4n) is 5.35. The Bertz CT molecular complexity index is 1460. The average Bonchev–Trinajstić information content (AvgIpc) is 3.56. The summed E-state index contributed by atoms with van der Waals surface area (Å²) in [6, 6.07) is 15.2. The van der Waals surface area contributed by atoms with Gasteiger partial charge in [-0.05, 0) is 54.4 Å². The number of rotatable bonds is 3. The Morgan fingerprint density at radius 2 is 1.97 bits per heavy atom. The van der Waals surface area contributed by atoms with Crippen molar-refractivity contribution in [2.45, 2.75) is 26.0 Å². The maximum absolute atomic E-state index is 13.5. The molecule has 0 spiro atoms. The molecule has 2 aliphatic rings. The third-order valence-electron chi connectivity index (χ3n) is 7.54. The molecule has 0 saturated carbocycles. The van der Waals surface area contributed by atoms with Gasteiger partial charge in [0.2, 0.25) is 0 Å². The molecule has 36 heavy (non-hydrogen) atoms. The number of amides is 1. The van der Waals surface area contributed by atoms with Crippen LogP contribution >= 0.6 is 0 Å². The van der Waals surface area contributed by atoms with E-state index in [1.54, 1.807) is 19.2 Å². The molecule has 2 aromatic carbocycles. The van der Waals surface area contributed by atoms with E-state index in [-0.39, 0.29) is 11.7 Å². The van der Waals surface area contributed by atoms with E-state index in [1.165, 1.54) is 17.7 Å². The first-order valence-corrected chi connectivity index (χ1v) is 12.1. The molecule has 1 amide bonds. The highest BCUT2D eigenvalue weighted by atomic mass is 19.1. The summed E-state index contributed by atoms with van der Waals surface area (Å²) in [6.45, 7) is 6.22. The normalized spacial score (nSPS) is 20.3. The molecule has 7 nitrogen and oxygen atoms in total. The fourth-order valence-corrected chi connectivity index (χ4v) is 5.35. The smallest absolute Gasteiger partial charge is 0.407 e. The van der Waals surface area contributed by atoms with Gasteiger partial charge < -0.3 is 19.5 Å². The number of anilines is 1. The van der Waals surface area contributed by atoms with Crippen molar-refractivity contribution in [2.75, 3.05) is 25.0 Å². The Kier molecular flexibility index (Phi) is 5.14. The Morgan fingerprint density at radius 1 is 1.17 bits per heavy atom. The largest absolute Gasteiger partial charge is 0.441 e. The predicted octanol–water partition coefficient (Wildman–Crippen LogP) is 5.08. The molecule has 2 aromatic heterocycles. The van der Waals surface area contributed by atoms with Gasteiger partial charge in [-0.25, -0.2) is 14.2 Å². The van der Waals surface area contributed by atoms with E-state index >= 15 is 0 Å². The van der Waals surface area contributed by atoms with E-state index < -0.39 is 11.7 Å². The number of nitrogens with one attached hydrogen (secondary N) is 1. The molecule has 184 valence electrons. The number of hydrogen-bond acceptors (Lipinski definition) is 4. The summed E-state index contributed by atoms with van der Waals surface area (Å²) in [7, 11) is 1.58. The van der Waals surface area contributed by atoms with Crippen LogP contribution in [0.2, 0.25) is 0 Å². The second kappa shape index (κ2) is 8.26. The summed E-state index contributed by atoms with van der Waals surface area (Å²) in [5, 5.41) is 2.56. The molecule has 1 N–H and O–H groups in total. The monoisotopic (exact) mass is 485 g/mol. The third-order valence-corrected chi connectivity index (χ3v) is 7.54. The van der Waals surface area contributed by atoms with E-state index in [1.807, 2.05) is 19.3 Å². The van der Waals surface area contributed by atoms with Crippen molar-refractivity contribution in [1.82, 2.24) is 19.4 Å². The first kappa shape index (κ1) is 22.4. The Morgan fingerprint density at radius 3 is 2.75 bits per heavy atom. The minimum absolute atomic E-state index is 0.184. The zero-order chi connectivity index (χ0) is 25.0. The van der Waals surface area contributed by atoms with Crippen LogP contribution < -0.4 is 10.2 Å². The van der Waals surface area contributed by atoms with Crippen LogP contribution in [0, 0.1) is 11.7 Å². The maximum atomic E-state index is 13.5. The van der Waals surface area contributed by atoms with Crippen LogP contribution in [0.25, 0.3) is 28.3 Å². The van der Waals surface area contributed by atoms with Crippen molar-refractivity contribution < 1.29 is 13.9 Å². The van der Waals surface area contributed by atoms with Gasteiger partial charge in [-0.3, -0.25) is 4.57 Å². The molecular weight excluding hydrogens is 457 g/mol. The van der Waals surface area contributed by atoms with Crippen LogP contribution in [0.1, 0.15) is 19.4 Å². The molecule has 4 aromatic rings. The molecule has 6 rings (SSSR count). The molecule has 1 fully saturated rings. The van der Waals surface area contributed by atoms with Crippen LogP contribution in [0.3, 0.4) is 0 Å². The number of hydrogen-bond donors (Lipinski definition) is 1. The molecule has 2 aliphatic heterocycles. The van der Waals surface area contributed by atoms with Gasteiger partial charge in [0, 0.05) is 55.9 Å². The van der Waals surface area contributed by atoms with Crippen molar-refractivity contribution in [3.63, 3.8) is 0 Å². The van der Waals surface area contributed by atoms with Gasteiger partial charge in [-0.1, -0.05) is 19.1 Å². The standard InChI is InChI=1S/C28H28FN5O2/c1-18-14-33(17-28(18,2)36-27(35)30-3)23-8-9-24-21(12-23)16-32-15-20(19-4-6-22(29)7-5-19)13-25(32)26-31-10-11-34(24)26/h4-13,15,18H,14,16-17H2,1-3H3,(H,30,35)/t18?,28-/m0/s1. The predicted molar refractivity (Wildman–Crippen MR) is 137 cm³/mol. The van der Waals surface area contributed by atoms with Crippen molar-refractivity contribution in [1.29, 1.82) is 0 Å². The lowest BCUT2D eigenvalue weighted by atomic mass is 9.95. The van der Waals surface area contributed by atoms with Crippen molar-refractivity contribution in [3.8, 4) is 28.3 Å². The number of aromatic nitrogens is 3. The minimum Gasteiger partial charge on any atom is -0.441 e. The highest BCUT2D eigenvalue weighted by molar-refractivity contribution is 5.72. The van der Waals surface area contributed by atoms with Crippen molar-refractivity contribution in [2.24, 2.45) is 5.92 Å². The molecule has 0 bridgehead atoms. The van der Waals surface area contributed by atoms with Gasteiger partial charge in [0.05, 0.1) is 17.9 Å². The van der Waals surface area contributed by atoms with Crippen LogP contribution in [-0.2, 0) is 11.3 Å². The van der Waals surface area contributed by atoms with Crippen LogP contribution in [0.15, 0.2) is 67.1 Å². The lowest BCUT2D eigenvalue weighted by Gasteiger charge is -2.28. The molecule has 0 radical (unpaired) electrons. The third kappa shape index (κ3) is 3.64. The highest BCUT2D eigenvalue weighted by Gasteiger charge is 2.44. The maximum Gasteiger partial charge on any atom is 0.407 e. The average molecular weight is 486 g/mol. The minimum atomic E-state index is -0.567. The second-order valence-electron chi connectivity index (χ2n) is 9.92. The number of carbonyl (C=O) groups excluding carboxylic acids is 1. The van der Waals surface area contributed by atoms with E-state index in [4.69, 9.17) is 4.74 Å². The van der Waals surface area contributed by atoms with Crippen molar-refractivity contribution >= 4 is 11.8 Å². The van der Waals surface area contributed by atoms with Crippen LogP contribution in [-0.4, -0.2) is 45.9 Å². The Labute approximate surface area is 209 Å². The fraction of sp³-hybridized carbons (Fsp3) is 0.286. The van der Waals surface area contributed by atoms with Gasteiger partial charge in [0.1, 0.15) is 11.4 Å². The van der Waals surface area contributed by atoms with Gasteiger partial charge in [-0.2, -0.15) is 0 Å². The molecular formula is C28H28FN5O2. The lowest BCUT2D eigenvalue weighted by Crippen LogP contribution is -2.41. The topological polar surface area (TPSA) is 64.3 Å². The van der Waals surface area contributed by atoms with Gasteiger partial charge in [0.25, 0.3) is 0 Å². The van der Waals surface area contributed by atoms with E-state index in [0.717, 1.165) is 40.6 Å². The summed E-state index contributed by atoms with van der Waals surface area (Å²) in [5.74, 6) is 0.809. The van der Waals surface area contributed by atoms with Gasteiger partial charge >= 0.3 is 6.09 Å². The summed E-state index contributed by atoms with van der Waals surface area (Å²) >= 11 is 0. The number of fused-ring (bicyclic) bond motifs is 5. The molecule has 8 heteroatoms. The summed E-state index contributed by atoms with van der Waals surface area (Å²) in [5.41, 5.74) is 5.79. The molecule has 0 aliphatic carbocycles. The van der Waals surface area contributed by atoms with E-state index in [0.29, 0.717) is 13.1 Å². The number of halogens is 1. The molecule has 1 unspecified atom stereocenters. The van der Waals surface area contributed by atoms with Crippen molar-refractivity contribution in [3.05, 3.63) is 78.5 Å². The zero-order valence-corrected chi connectivity index (χ0v) is 20.5. The number of alkyl carbamates (subject to hydrolysis) is 1. The lowest BCUT2D eigenvalue weighted by molar-refractivity contribution is 0.0148. The molecule has 4 heterocycles. The second-order valence-corrected chi connectivity index (χ2v) is 9.92. The number of benzene rings is 2. The number of nitrogens with zero attached hydrogens (tertiary/aromatic N) is 4. The molecule has 1 saturated heterocycles.